The van der Waals surface area contributed by atoms with Gasteiger partial charge in [-0.25, -0.2) is 0 Å². The molecule has 2 unspecified atom stereocenters. The van der Waals surface area contributed by atoms with Crippen molar-refractivity contribution in [2.45, 2.75) is 45.1 Å². The number of nitriles is 1. The highest BCUT2D eigenvalue weighted by atomic mass is 16.1. The zero-order valence-electron chi connectivity index (χ0n) is 9.05. The standard InChI is InChI=1S/C12H16N2O/c1-2-4-11-9-6-3-5-8(9)10(7-13)12(15)14-11/h9,11H,2-6H2,1H3,(H,14,15). The fraction of sp³-hybridized carbons (Fsp3) is 0.667. The summed E-state index contributed by atoms with van der Waals surface area (Å²) >= 11 is 0. The van der Waals surface area contributed by atoms with Gasteiger partial charge in [-0.2, -0.15) is 5.26 Å². The Hall–Kier alpha value is -1.30. The maximum absolute atomic E-state index is 11.7. The zero-order chi connectivity index (χ0) is 10.8. The number of fused-ring (bicyclic) bond motifs is 1. The maximum Gasteiger partial charge on any atom is 0.262 e. The summed E-state index contributed by atoms with van der Waals surface area (Å²) in [5.41, 5.74) is 1.52. The minimum absolute atomic E-state index is 0.149. The van der Waals surface area contributed by atoms with Crippen molar-refractivity contribution < 1.29 is 4.79 Å². The Labute approximate surface area is 90.2 Å². The lowest BCUT2D eigenvalue weighted by Gasteiger charge is -2.30. The fourth-order valence-corrected chi connectivity index (χ4v) is 2.82. The molecule has 0 bridgehead atoms. The summed E-state index contributed by atoms with van der Waals surface area (Å²) in [6.45, 7) is 2.13. The number of amides is 1. The van der Waals surface area contributed by atoms with Crippen LogP contribution in [0.1, 0.15) is 39.0 Å². The van der Waals surface area contributed by atoms with Gasteiger partial charge in [0.25, 0.3) is 5.91 Å². The number of rotatable bonds is 2. The van der Waals surface area contributed by atoms with E-state index in [1.165, 1.54) is 0 Å². The first-order valence-corrected chi connectivity index (χ1v) is 5.72. The molecule has 1 aliphatic heterocycles. The fourth-order valence-electron chi connectivity index (χ4n) is 2.82. The molecule has 0 aromatic heterocycles. The van der Waals surface area contributed by atoms with Crippen LogP contribution in [0.2, 0.25) is 0 Å². The number of carbonyl (C=O) groups excluding carboxylic acids is 1. The summed E-state index contributed by atoms with van der Waals surface area (Å²) in [5.74, 6) is 0.293. The van der Waals surface area contributed by atoms with Crippen LogP contribution < -0.4 is 5.32 Å². The summed E-state index contributed by atoms with van der Waals surface area (Å²) < 4.78 is 0. The molecule has 3 heteroatoms. The van der Waals surface area contributed by atoms with Crippen LogP contribution in [-0.4, -0.2) is 11.9 Å². The van der Waals surface area contributed by atoms with Crippen LogP contribution in [0.15, 0.2) is 11.1 Å². The van der Waals surface area contributed by atoms with Gasteiger partial charge in [-0.05, 0) is 31.3 Å². The number of carbonyl (C=O) groups is 1. The first-order chi connectivity index (χ1) is 7.27. The molecule has 1 heterocycles. The normalized spacial score (nSPS) is 29.7. The van der Waals surface area contributed by atoms with Gasteiger partial charge in [0.1, 0.15) is 11.6 Å². The Kier molecular flexibility index (Phi) is 2.77. The van der Waals surface area contributed by atoms with Crippen molar-refractivity contribution in [1.29, 1.82) is 5.26 Å². The van der Waals surface area contributed by atoms with Crippen molar-refractivity contribution in [3.63, 3.8) is 0 Å². The first-order valence-electron chi connectivity index (χ1n) is 5.72. The Balaban J connectivity index is 2.31. The SMILES string of the molecule is CCCC1NC(=O)C(C#N)=C2CCCC21. The molecule has 0 aromatic rings. The van der Waals surface area contributed by atoms with Crippen LogP contribution in [-0.2, 0) is 4.79 Å². The van der Waals surface area contributed by atoms with Gasteiger partial charge in [0.05, 0.1) is 0 Å². The Bertz CT molecular complexity index is 351. The van der Waals surface area contributed by atoms with Crippen molar-refractivity contribution in [2.24, 2.45) is 5.92 Å². The van der Waals surface area contributed by atoms with Gasteiger partial charge < -0.3 is 5.32 Å². The average molecular weight is 204 g/mol. The maximum atomic E-state index is 11.7. The summed E-state index contributed by atoms with van der Waals surface area (Å²) in [4.78, 5) is 11.7. The number of nitrogens with zero attached hydrogens (tertiary/aromatic N) is 1. The van der Waals surface area contributed by atoms with Gasteiger partial charge >= 0.3 is 0 Å². The van der Waals surface area contributed by atoms with Crippen LogP contribution >= 0.6 is 0 Å². The first kappa shape index (κ1) is 10.2. The van der Waals surface area contributed by atoms with E-state index in [9.17, 15) is 4.79 Å². The molecule has 1 aliphatic carbocycles. The van der Waals surface area contributed by atoms with Gasteiger partial charge in [-0.15, -0.1) is 0 Å². The second-order valence-electron chi connectivity index (χ2n) is 4.38. The molecule has 1 N–H and O–H groups in total. The Morgan fingerprint density at radius 3 is 3.07 bits per heavy atom. The minimum atomic E-state index is -0.149. The van der Waals surface area contributed by atoms with E-state index in [-0.39, 0.29) is 11.9 Å². The predicted molar refractivity (Wildman–Crippen MR) is 56.8 cm³/mol. The van der Waals surface area contributed by atoms with Crippen LogP contribution in [0, 0.1) is 17.2 Å². The molecule has 1 amide bonds. The number of nitrogens with one attached hydrogen (secondary N) is 1. The smallest absolute Gasteiger partial charge is 0.262 e. The molecular weight excluding hydrogens is 188 g/mol. The summed E-state index contributed by atoms with van der Waals surface area (Å²) in [7, 11) is 0. The van der Waals surface area contributed by atoms with Crippen molar-refractivity contribution in [2.75, 3.05) is 0 Å². The lowest BCUT2D eigenvalue weighted by molar-refractivity contribution is -0.118. The van der Waals surface area contributed by atoms with Crippen molar-refractivity contribution in [3.05, 3.63) is 11.1 Å². The molecule has 2 atom stereocenters. The highest BCUT2D eigenvalue weighted by Gasteiger charge is 2.37. The second kappa shape index (κ2) is 4.06. The van der Waals surface area contributed by atoms with Gasteiger partial charge in [-0.1, -0.05) is 13.3 Å². The van der Waals surface area contributed by atoms with E-state index < -0.39 is 0 Å². The van der Waals surface area contributed by atoms with E-state index in [0.29, 0.717) is 11.5 Å². The van der Waals surface area contributed by atoms with E-state index >= 15 is 0 Å². The molecule has 0 spiro atoms. The zero-order valence-corrected chi connectivity index (χ0v) is 9.05. The quantitative estimate of drug-likeness (QED) is 0.747. The lowest BCUT2D eigenvalue weighted by Crippen LogP contribution is -2.45. The molecule has 1 saturated carbocycles. The highest BCUT2D eigenvalue weighted by Crippen LogP contribution is 2.39. The lowest BCUT2D eigenvalue weighted by atomic mass is 9.85. The van der Waals surface area contributed by atoms with Crippen molar-refractivity contribution in [1.82, 2.24) is 5.32 Å². The minimum Gasteiger partial charge on any atom is -0.348 e. The van der Waals surface area contributed by atoms with E-state index in [1.54, 1.807) is 0 Å². The van der Waals surface area contributed by atoms with Crippen molar-refractivity contribution >= 4 is 5.91 Å². The van der Waals surface area contributed by atoms with Gasteiger partial charge in [0, 0.05) is 12.0 Å². The van der Waals surface area contributed by atoms with Gasteiger partial charge in [-0.3, -0.25) is 4.79 Å². The van der Waals surface area contributed by atoms with E-state index in [0.717, 1.165) is 37.7 Å². The van der Waals surface area contributed by atoms with E-state index in [4.69, 9.17) is 5.26 Å². The van der Waals surface area contributed by atoms with Gasteiger partial charge in [0.15, 0.2) is 0 Å². The molecule has 80 valence electrons. The van der Waals surface area contributed by atoms with E-state index in [2.05, 4.69) is 18.3 Å². The molecule has 2 aliphatic rings. The third-order valence-electron chi connectivity index (χ3n) is 3.47. The topological polar surface area (TPSA) is 52.9 Å². The number of hydrogen-bond donors (Lipinski definition) is 1. The Morgan fingerprint density at radius 1 is 1.60 bits per heavy atom. The van der Waals surface area contributed by atoms with Crippen LogP contribution in [0.25, 0.3) is 0 Å². The number of hydrogen-bond acceptors (Lipinski definition) is 2. The summed E-state index contributed by atoms with van der Waals surface area (Å²) in [5, 5.41) is 11.9. The molecule has 0 saturated heterocycles. The van der Waals surface area contributed by atoms with E-state index in [1.807, 2.05) is 0 Å². The Morgan fingerprint density at radius 2 is 2.40 bits per heavy atom. The van der Waals surface area contributed by atoms with Crippen LogP contribution in [0.4, 0.5) is 0 Å². The largest absolute Gasteiger partial charge is 0.348 e. The van der Waals surface area contributed by atoms with Crippen LogP contribution in [0.5, 0.6) is 0 Å². The second-order valence-corrected chi connectivity index (χ2v) is 4.38. The third kappa shape index (κ3) is 1.65. The third-order valence-corrected chi connectivity index (χ3v) is 3.47. The molecule has 1 fully saturated rings. The van der Waals surface area contributed by atoms with Crippen LogP contribution in [0.3, 0.4) is 0 Å². The molecular formula is C12H16N2O. The molecule has 3 nitrogen and oxygen atoms in total. The summed E-state index contributed by atoms with van der Waals surface area (Å²) in [6, 6.07) is 2.33. The highest BCUT2D eigenvalue weighted by molar-refractivity contribution is 5.99. The summed E-state index contributed by atoms with van der Waals surface area (Å²) in [6.07, 6.45) is 5.31. The molecule has 0 aromatic carbocycles. The molecule has 15 heavy (non-hydrogen) atoms. The predicted octanol–water partition coefficient (Wildman–Crippen LogP) is 1.91. The van der Waals surface area contributed by atoms with Gasteiger partial charge in [0.2, 0.25) is 0 Å². The average Bonchev–Trinajstić information content (AvgIpc) is 2.67. The molecule has 0 radical (unpaired) electrons. The monoisotopic (exact) mass is 204 g/mol. The van der Waals surface area contributed by atoms with Crippen molar-refractivity contribution in [3.8, 4) is 6.07 Å². The molecule has 2 rings (SSSR count).